The van der Waals surface area contributed by atoms with Crippen molar-refractivity contribution in [2.24, 2.45) is 0 Å². The Bertz CT molecular complexity index is 1630. The van der Waals surface area contributed by atoms with E-state index in [4.69, 9.17) is 14.6 Å². The predicted molar refractivity (Wildman–Crippen MR) is 144 cm³/mol. The van der Waals surface area contributed by atoms with Crippen LogP contribution in [-0.4, -0.2) is 28.0 Å². The predicted octanol–water partition coefficient (Wildman–Crippen LogP) is 5.19. The molecule has 0 atom stereocenters. The number of benzene rings is 3. The Kier molecular flexibility index (Phi) is 7.00. The van der Waals surface area contributed by atoms with E-state index in [2.05, 4.69) is 36.9 Å². The highest BCUT2D eigenvalue weighted by atomic mass is 79.9. The number of halogens is 1. The molecule has 2 aromatic heterocycles. The summed E-state index contributed by atoms with van der Waals surface area (Å²) in [6, 6.07) is 22.2. The maximum atomic E-state index is 13.1. The molecule has 10 heteroatoms. The average molecular weight is 559 g/mol. The number of para-hydroxylation sites is 1. The lowest BCUT2D eigenvalue weighted by Gasteiger charge is -2.13. The van der Waals surface area contributed by atoms with Gasteiger partial charge in [-0.25, -0.2) is 4.68 Å². The maximum absolute atomic E-state index is 13.1. The van der Waals surface area contributed by atoms with Crippen molar-refractivity contribution < 1.29 is 13.9 Å². The van der Waals surface area contributed by atoms with Crippen molar-refractivity contribution in [1.82, 2.24) is 15.0 Å². The molecule has 9 nitrogen and oxygen atoms in total. The van der Waals surface area contributed by atoms with Crippen molar-refractivity contribution in [1.29, 1.82) is 5.41 Å². The molecule has 0 saturated carbocycles. The van der Waals surface area contributed by atoms with Crippen LogP contribution in [0.5, 0.6) is 5.75 Å². The summed E-state index contributed by atoms with van der Waals surface area (Å²) in [6.45, 7) is 0.991. The van der Waals surface area contributed by atoms with E-state index in [9.17, 15) is 4.79 Å². The normalized spacial score (nSPS) is 10.9. The SMILES string of the molecule is COc1ccc(Cn2cc(CNc3ccc(Br)cc3NC(=O)c3cc4ccccc4oc3=N)nn2)cc1. The zero-order valence-electron chi connectivity index (χ0n) is 19.9. The van der Waals surface area contributed by atoms with E-state index in [1.54, 1.807) is 30.0 Å². The fourth-order valence-corrected chi connectivity index (χ4v) is 4.17. The summed E-state index contributed by atoms with van der Waals surface area (Å²) in [5.41, 5.74) is 3.57. The Hall–Kier alpha value is -4.44. The van der Waals surface area contributed by atoms with E-state index in [-0.39, 0.29) is 11.1 Å². The number of ether oxygens (including phenoxy) is 1. The molecule has 5 aromatic rings. The van der Waals surface area contributed by atoms with Crippen molar-refractivity contribution >= 4 is 44.2 Å². The first-order valence-corrected chi connectivity index (χ1v) is 12.2. The number of nitrogens with one attached hydrogen (secondary N) is 3. The van der Waals surface area contributed by atoms with E-state index in [1.165, 1.54) is 0 Å². The van der Waals surface area contributed by atoms with Gasteiger partial charge in [0.15, 0.2) is 0 Å². The van der Waals surface area contributed by atoms with Crippen molar-refractivity contribution in [3.8, 4) is 5.75 Å². The van der Waals surface area contributed by atoms with Crippen LogP contribution in [0.2, 0.25) is 0 Å². The number of nitrogens with zero attached hydrogens (tertiary/aromatic N) is 3. The van der Waals surface area contributed by atoms with Gasteiger partial charge in [0, 0.05) is 9.86 Å². The van der Waals surface area contributed by atoms with Crippen LogP contribution in [0, 0.1) is 5.41 Å². The quantitative estimate of drug-likeness (QED) is 0.241. The van der Waals surface area contributed by atoms with Crippen LogP contribution in [-0.2, 0) is 13.1 Å². The van der Waals surface area contributed by atoms with Gasteiger partial charge in [-0.1, -0.05) is 51.5 Å². The largest absolute Gasteiger partial charge is 0.497 e. The van der Waals surface area contributed by atoms with Crippen LogP contribution >= 0.6 is 15.9 Å². The Labute approximate surface area is 220 Å². The first-order chi connectivity index (χ1) is 18.0. The molecule has 0 spiro atoms. The third kappa shape index (κ3) is 5.70. The highest BCUT2D eigenvalue weighted by molar-refractivity contribution is 9.10. The summed E-state index contributed by atoms with van der Waals surface area (Å²) in [6.07, 6.45) is 1.87. The first kappa shape index (κ1) is 24.3. The molecule has 37 heavy (non-hydrogen) atoms. The second-order valence-electron chi connectivity index (χ2n) is 8.28. The van der Waals surface area contributed by atoms with E-state index >= 15 is 0 Å². The van der Waals surface area contributed by atoms with E-state index in [0.717, 1.165) is 26.9 Å². The van der Waals surface area contributed by atoms with Gasteiger partial charge < -0.3 is 19.8 Å². The summed E-state index contributed by atoms with van der Waals surface area (Å²) < 4.78 is 13.3. The fraction of sp³-hybridized carbons (Fsp3) is 0.111. The molecular formula is C27H23BrN6O3. The molecule has 0 unspecified atom stereocenters. The topological polar surface area (TPSA) is 118 Å². The number of aromatic nitrogens is 3. The third-order valence-electron chi connectivity index (χ3n) is 5.70. The number of hydrogen-bond acceptors (Lipinski definition) is 7. The molecule has 3 aromatic carbocycles. The van der Waals surface area contributed by atoms with Crippen LogP contribution in [0.1, 0.15) is 21.6 Å². The van der Waals surface area contributed by atoms with Gasteiger partial charge in [-0.2, -0.15) is 0 Å². The molecule has 0 radical (unpaired) electrons. The van der Waals surface area contributed by atoms with Gasteiger partial charge in [-0.05, 0) is 48.0 Å². The van der Waals surface area contributed by atoms with Gasteiger partial charge in [0.05, 0.1) is 37.8 Å². The molecule has 0 bridgehead atoms. The molecular weight excluding hydrogens is 536 g/mol. The summed E-state index contributed by atoms with van der Waals surface area (Å²) in [5, 5.41) is 23.6. The molecule has 5 rings (SSSR count). The lowest BCUT2D eigenvalue weighted by molar-refractivity contribution is 0.102. The number of carbonyl (C=O) groups is 1. The van der Waals surface area contributed by atoms with Crippen molar-refractivity contribution in [3.63, 3.8) is 0 Å². The number of anilines is 2. The molecule has 0 saturated heterocycles. The zero-order chi connectivity index (χ0) is 25.8. The molecule has 0 aliphatic rings. The first-order valence-electron chi connectivity index (χ1n) is 11.4. The number of methoxy groups -OCH3 is 1. The van der Waals surface area contributed by atoms with Crippen LogP contribution in [0.25, 0.3) is 11.0 Å². The standard InChI is InChI=1S/C27H23BrN6O3/c1-36-21-9-6-17(7-10-21)15-34-16-20(32-33-34)14-30-23-11-8-19(28)13-24(23)31-27(35)22-12-18-4-2-3-5-25(18)37-26(22)29/h2-13,16,29-30H,14-15H2,1H3,(H,31,35). The van der Waals surface area contributed by atoms with E-state index < -0.39 is 5.91 Å². The Morgan fingerprint density at radius 2 is 1.89 bits per heavy atom. The number of hydrogen-bond donors (Lipinski definition) is 3. The summed E-state index contributed by atoms with van der Waals surface area (Å²) in [7, 11) is 1.64. The van der Waals surface area contributed by atoms with Gasteiger partial charge in [0.25, 0.3) is 5.91 Å². The van der Waals surface area contributed by atoms with Gasteiger partial charge in [0.1, 0.15) is 22.6 Å². The minimum absolute atomic E-state index is 0.145. The number of carbonyl (C=O) groups excluding carboxylic acids is 1. The number of amides is 1. The zero-order valence-corrected chi connectivity index (χ0v) is 21.5. The Morgan fingerprint density at radius 3 is 2.70 bits per heavy atom. The fourth-order valence-electron chi connectivity index (χ4n) is 3.81. The van der Waals surface area contributed by atoms with Crippen molar-refractivity contribution in [2.75, 3.05) is 17.7 Å². The smallest absolute Gasteiger partial charge is 0.261 e. The highest BCUT2D eigenvalue weighted by Crippen LogP contribution is 2.27. The van der Waals surface area contributed by atoms with Gasteiger partial charge in [-0.15, -0.1) is 5.10 Å². The van der Waals surface area contributed by atoms with Gasteiger partial charge >= 0.3 is 0 Å². The third-order valence-corrected chi connectivity index (χ3v) is 6.19. The molecule has 0 aliphatic carbocycles. The molecule has 0 fully saturated rings. The molecule has 186 valence electrons. The van der Waals surface area contributed by atoms with Crippen LogP contribution < -0.4 is 20.9 Å². The Morgan fingerprint density at radius 1 is 1.08 bits per heavy atom. The summed E-state index contributed by atoms with van der Waals surface area (Å²) >= 11 is 3.46. The minimum atomic E-state index is -0.439. The Balaban J connectivity index is 1.29. The number of fused-ring (bicyclic) bond motifs is 1. The molecule has 0 aliphatic heterocycles. The lowest BCUT2D eigenvalue weighted by Crippen LogP contribution is -2.21. The highest BCUT2D eigenvalue weighted by Gasteiger charge is 2.14. The van der Waals surface area contributed by atoms with E-state index in [1.807, 2.05) is 60.8 Å². The number of rotatable bonds is 8. The monoisotopic (exact) mass is 558 g/mol. The second-order valence-corrected chi connectivity index (χ2v) is 9.20. The lowest BCUT2D eigenvalue weighted by atomic mass is 10.1. The second kappa shape index (κ2) is 10.7. The molecule has 2 heterocycles. The van der Waals surface area contributed by atoms with E-state index in [0.29, 0.717) is 30.0 Å². The average Bonchev–Trinajstić information content (AvgIpc) is 3.35. The molecule has 1 amide bonds. The van der Waals surface area contributed by atoms with Crippen LogP contribution in [0.15, 0.2) is 87.9 Å². The van der Waals surface area contributed by atoms with Gasteiger partial charge in [-0.3, -0.25) is 10.2 Å². The van der Waals surface area contributed by atoms with Gasteiger partial charge in [0.2, 0.25) is 5.55 Å². The van der Waals surface area contributed by atoms with Crippen molar-refractivity contribution in [2.45, 2.75) is 13.1 Å². The van der Waals surface area contributed by atoms with Crippen LogP contribution in [0.3, 0.4) is 0 Å². The van der Waals surface area contributed by atoms with Crippen molar-refractivity contribution in [3.05, 3.63) is 106 Å². The van der Waals surface area contributed by atoms with Crippen LogP contribution in [0.4, 0.5) is 11.4 Å². The molecule has 3 N–H and O–H groups in total. The minimum Gasteiger partial charge on any atom is -0.497 e. The summed E-state index contributed by atoms with van der Waals surface area (Å²) in [4.78, 5) is 13.1. The summed E-state index contributed by atoms with van der Waals surface area (Å²) in [5.74, 6) is 0.365. The maximum Gasteiger partial charge on any atom is 0.261 e.